The summed E-state index contributed by atoms with van der Waals surface area (Å²) in [5.41, 5.74) is 4.32. The number of nitrogens with zero attached hydrogens (tertiary/aromatic N) is 2. The van der Waals surface area contributed by atoms with Crippen LogP contribution in [0.4, 0.5) is 5.69 Å². The van der Waals surface area contributed by atoms with Crippen LogP contribution in [0.5, 0.6) is 0 Å². The highest BCUT2D eigenvalue weighted by Crippen LogP contribution is 2.36. The number of carbonyl (C=O) groups is 2. The van der Waals surface area contributed by atoms with Crippen LogP contribution in [0.2, 0.25) is 0 Å². The Bertz CT molecular complexity index is 868. The molecule has 1 aromatic rings. The number of hydrogen-bond donors (Lipinski definition) is 2. The number of carbonyl (C=O) groups excluding carboxylic acids is 1. The molecular formula is C23H29N3O3. The van der Waals surface area contributed by atoms with E-state index in [2.05, 4.69) is 29.2 Å². The SMILES string of the molecule is C=N/C=C\C(C(=O)O)=C(/C)NC[C@@H]1CCCc2cc(N(C)C(=O)C3CC3)ccc21. The third-order valence-corrected chi connectivity index (χ3v) is 5.80. The van der Waals surface area contributed by atoms with Gasteiger partial charge in [-0.3, -0.25) is 9.79 Å². The molecule has 6 nitrogen and oxygen atoms in total. The van der Waals surface area contributed by atoms with Gasteiger partial charge in [0.15, 0.2) is 0 Å². The van der Waals surface area contributed by atoms with E-state index in [0.717, 1.165) is 37.8 Å². The van der Waals surface area contributed by atoms with E-state index < -0.39 is 5.97 Å². The molecule has 29 heavy (non-hydrogen) atoms. The van der Waals surface area contributed by atoms with Crippen LogP contribution in [-0.2, 0) is 16.0 Å². The highest BCUT2D eigenvalue weighted by molar-refractivity contribution is 5.96. The highest BCUT2D eigenvalue weighted by atomic mass is 16.4. The third-order valence-electron chi connectivity index (χ3n) is 5.80. The smallest absolute Gasteiger partial charge is 0.337 e. The lowest BCUT2D eigenvalue weighted by Gasteiger charge is -2.28. The van der Waals surface area contributed by atoms with Crippen LogP contribution in [0, 0.1) is 5.92 Å². The average molecular weight is 396 g/mol. The first kappa shape index (κ1) is 20.8. The summed E-state index contributed by atoms with van der Waals surface area (Å²) >= 11 is 0. The number of aryl methyl sites for hydroxylation is 1. The number of benzene rings is 1. The molecule has 0 saturated heterocycles. The van der Waals surface area contributed by atoms with Gasteiger partial charge < -0.3 is 15.3 Å². The first-order valence-electron chi connectivity index (χ1n) is 10.1. The van der Waals surface area contributed by atoms with Crippen molar-refractivity contribution in [1.29, 1.82) is 0 Å². The second-order valence-electron chi connectivity index (χ2n) is 7.87. The number of carboxylic acids is 1. The molecule has 2 N–H and O–H groups in total. The number of hydrogen-bond acceptors (Lipinski definition) is 4. The molecule has 2 aliphatic rings. The molecule has 0 bridgehead atoms. The number of fused-ring (bicyclic) bond motifs is 1. The number of anilines is 1. The van der Waals surface area contributed by atoms with Crippen molar-refractivity contribution in [3.8, 4) is 0 Å². The molecule has 1 amide bonds. The van der Waals surface area contributed by atoms with Gasteiger partial charge in [-0.15, -0.1) is 0 Å². The second-order valence-corrected chi connectivity index (χ2v) is 7.87. The zero-order chi connectivity index (χ0) is 21.0. The van der Waals surface area contributed by atoms with Gasteiger partial charge in [0.2, 0.25) is 5.91 Å². The van der Waals surface area contributed by atoms with E-state index in [4.69, 9.17) is 0 Å². The van der Waals surface area contributed by atoms with Gasteiger partial charge in [-0.1, -0.05) is 6.07 Å². The largest absolute Gasteiger partial charge is 0.478 e. The minimum Gasteiger partial charge on any atom is -0.478 e. The maximum Gasteiger partial charge on any atom is 0.337 e. The van der Waals surface area contributed by atoms with Crippen LogP contribution in [0.25, 0.3) is 0 Å². The summed E-state index contributed by atoms with van der Waals surface area (Å²) in [6.45, 7) is 5.78. The molecule has 1 atom stereocenters. The maximum atomic E-state index is 12.4. The van der Waals surface area contributed by atoms with Crippen molar-refractivity contribution in [3.63, 3.8) is 0 Å². The summed E-state index contributed by atoms with van der Waals surface area (Å²) < 4.78 is 0. The molecule has 0 heterocycles. The Labute approximate surface area is 172 Å². The Balaban J connectivity index is 1.73. The monoisotopic (exact) mass is 395 g/mol. The molecular weight excluding hydrogens is 366 g/mol. The first-order valence-corrected chi connectivity index (χ1v) is 10.1. The summed E-state index contributed by atoms with van der Waals surface area (Å²) in [5, 5.41) is 12.7. The topological polar surface area (TPSA) is 82.0 Å². The summed E-state index contributed by atoms with van der Waals surface area (Å²) in [6.07, 6.45) is 7.98. The molecule has 154 valence electrons. The number of nitrogens with one attached hydrogen (secondary N) is 1. The van der Waals surface area contributed by atoms with Crippen molar-refractivity contribution in [3.05, 3.63) is 52.9 Å². The summed E-state index contributed by atoms with van der Waals surface area (Å²) in [4.78, 5) is 29.2. The Morgan fingerprint density at radius 3 is 2.76 bits per heavy atom. The molecule has 0 aliphatic heterocycles. The van der Waals surface area contributed by atoms with Gasteiger partial charge in [-0.25, -0.2) is 4.79 Å². The fourth-order valence-corrected chi connectivity index (χ4v) is 3.91. The zero-order valence-corrected chi connectivity index (χ0v) is 17.1. The van der Waals surface area contributed by atoms with Crippen molar-refractivity contribution in [2.75, 3.05) is 18.5 Å². The van der Waals surface area contributed by atoms with Gasteiger partial charge in [-0.05, 0) is 75.1 Å². The summed E-state index contributed by atoms with van der Waals surface area (Å²) in [5.74, 6) is -0.268. The molecule has 0 spiro atoms. The number of allylic oxidation sites excluding steroid dienone is 1. The van der Waals surface area contributed by atoms with E-state index in [1.807, 2.05) is 13.1 Å². The fraction of sp³-hybridized carbons (Fsp3) is 0.435. The van der Waals surface area contributed by atoms with E-state index in [0.29, 0.717) is 18.2 Å². The molecule has 1 saturated carbocycles. The van der Waals surface area contributed by atoms with Gasteiger partial charge >= 0.3 is 5.97 Å². The van der Waals surface area contributed by atoms with Crippen molar-refractivity contribution in [2.24, 2.45) is 10.9 Å². The lowest BCUT2D eigenvalue weighted by atomic mass is 9.82. The third kappa shape index (κ3) is 4.94. The Kier molecular flexibility index (Phi) is 6.52. The molecule has 3 rings (SSSR count). The predicted molar refractivity (Wildman–Crippen MR) is 115 cm³/mol. The highest BCUT2D eigenvalue weighted by Gasteiger charge is 2.33. The molecule has 6 heteroatoms. The maximum absolute atomic E-state index is 12.4. The van der Waals surface area contributed by atoms with Crippen LogP contribution >= 0.6 is 0 Å². The van der Waals surface area contributed by atoms with E-state index in [1.165, 1.54) is 23.4 Å². The number of aliphatic carboxylic acids is 1. The van der Waals surface area contributed by atoms with E-state index in [-0.39, 0.29) is 17.4 Å². The minimum atomic E-state index is -0.994. The van der Waals surface area contributed by atoms with E-state index in [9.17, 15) is 14.7 Å². The van der Waals surface area contributed by atoms with Crippen LogP contribution in [0.15, 0.2) is 46.7 Å². The molecule has 0 unspecified atom stereocenters. The van der Waals surface area contributed by atoms with Crippen LogP contribution in [0.3, 0.4) is 0 Å². The van der Waals surface area contributed by atoms with E-state index >= 15 is 0 Å². The van der Waals surface area contributed by atoms with Gasteiger partial charge in [0.05, 0.1) is 5.57 Å². The van der Waals surface area contributed by atoms with Crippen molar-refractivity contribution < 1.29 is 14.7 Å². The molecule has 1 aromatic carbocycles. The molecule has 1 fully saturated rings. The van der Waals surface area contributed by atoms with Gasteiger partial charge in [-0.2, -0.15) is 0 Å². The Hall–Kier alpha value is -2.89. The average Bonchev–Trinajstić information content (AvgIpc) is 3.56. The van der Waals surface area contributed by atoms with E-state index in [1.54, 1.807) is 11.8 Å². The number of carboxylic acid groups (broad SMARTS) is 1. The van der Waals surface area contributed by atoms with Crippen molar-refractivity contribution in [1.82, 2.24) is 5.32 Å². The fourth-order valence-electron chi connectivity index (χ4n) is 3.91. The van der Waals surface area contributed by atoms with Crippen LogP contribution in [0.1, 0.15) is 49.7 Å². The Morgan fingerprint density at radius 1 is 1.34 bits per heavy atom. The lowest BCUT2D eigenvalue weighted by Crippen LogP contribution is -2.28. The van der Waals surface area contributed by atoms with Crippen LogP contribution < -0.4 is 10.2 Å². The van der Waals surface area contributed by atoms with Gasteiger partial charge in [0, 0.05) is 43.0 Å². The standard InChI is InChI=1S/C23H29N3O3/c1-15(20(23(28)29)11-12-24-2)25-14-18-6-4-5-17-13-19(9-10-21(17)18)26(3)22(27)16-7-8-16/h9-13,16,18,25H,2,4-8,14H2,1,3H3,(H,28,29)/b12-11-,20-15-/t18-/m0/s1. The second kappa shape index (κ2) is 9.07. The molecule has 2 aliphatic carbocycles. The zero-order valence-electron chi connectivity index (χ0n) is 17.1. The number of amides is 1. The quantitative estimate of drug-likeness (QED) is 0.400. The number of aliphatic imine (C=N–C) groups is 1. The minimum absolute atomic E-state index is 0.184. The predicted octanol–water partition coefficient (Wildman–Crippen LogP) is 3.64. The first-order chi connectivity index (χ1) is 13.9. The lowest BCUT2D eigenvalue weighted by molar-refractivity contribution is -0.132. The molecule has 0 radical (unpaired) electrons. The Morgan fingerprint density at radius 2 is 2.10 bits per heavy atom. The van der Waals surface area contributed by atoms with Crippen LogP contribution in [-0.4, -0.2) is 37.3 Å². The summed E-state index contributed by atoms with van der Waals surface area (Å²) in [6, 6.07) is 6.30. The van der Waals surface area contributed by atoms with Crippen molar-refractivity contribution in [2.45, 2.75) is 44.9 Å². The summed E-state index contributed by atoms with van der Waals surface area (Å²) in [7, 11) is 1.86. The normalized spacial score (nSPS) is 19.3. The number of rotatable bonds is 8. The van der Waals surface area contributed by atoms with Gasteiger partial charge in [0.1, 0.15) is 0 Å². The van der Waals surface area contributed by atoms with Gasteiger partial charge in [0.25, 0.3) is 0 Å². The molecule has 0 aromatic heterocycles. The van der Waals surface area contributed by atoms with Crippen molar-refractivity contribution >= 4 is 24.3 Å².